The summed E-state index contributed by atoms with van der Waals surface area (Å²) >= 11 is 0. The molecule has 0 atom stereocenters. The molecular formula is C12H15Cl2N3. The van der Waals surface area contributed by atoms with Gasteiger partial charge in [-0.15, -0.1) is 24.8 Å². The van der Waals surface area contributed by atoms with Crippen molar-refractivity contribution in [3.63, 3.8) is 0 Å². The highest BCUT2D eigenvalue weighted by Gasteiger charge is 1.93. The van der Waals surface area contributed by atoms with Crippen LogP contribution in [0.1, 0.15) is 11.1 Å². The molecule has 1 aromatic heterocycles. The highest BCUT2D eigenvalue weighted by molar-refractivity contribution is 5.85. The molecule has 2 aromatic rings. The van der Waals surface area contributed by atoms with Crippen LogP contribution in [0.25, 0.3) is 0 Å². The van der Waals surface area contributed by atoms with E-state index in [1.54, 1.807) is 6.33 Å². The van der Waals surface area contributed by atoms with Gasteiger partial charge in [0.1, 0.15) is 6.33 Å². The van der Waals surface area contributed by atoms with Gasteiger partial charge < -0.3 is 5.32 Å². The first kappa shape index (κ1) is 15.8. The number of nitrogens with one attached hydrogen (secondary N) is 1. The first-order valence-electron chi connectivity index (χ1n) is 4.94. The van der Waals surface area contributed by atoms with Crippen LogP contribution in [-0.4, -0.2) is 9.97 Å². The van der Waals surface area contributed by atoms with Gasteiger partial charge in [-0.3, -0.25) is 0 Å². The maximum absolute atomic E-state index is 3.96. The Morgan fingerprint density at radius 2 is 1.41 bits per heavy atom. The van der Waals surface area contributed by atoms with Crippen molar-refractivity contribution in [1.82, 2.24) is 15.3 Å². The monoisotopic (exact) mass is 271 g/mol. The van der Waals surface area contributed by atoms with Crippen molar-refractivity contribution in [3.8, 4) is 0 Å². The predicted octanol–water partition coefficient (Wildman–Crippen LogP) is 2.61. The largest absolute Gasteiger partial charge is 0.309 e. The van der Waals surface area contributed by atoms with Crippen molar-refractivity contribution in [2.24, 2.45) is 0 Å². The molecule has 0 saturated carbocycles. The van der Waals surface area contributed by atoms with Crippen molar-refractivity contribution in [2.45, 2.75) is 13.1 Å². The van der Waals surface area contributed by atoms with Crippen LogP contribution in [-0.2, 0) is 13.1 Å². The minimum Gasteiger partial charge on any atom is -0.309 e. The molecule has 0 saturated heterocycles. The van der Waals surface area contributed by atoms with E-state index in [4.69, 9.17) is 0 Å². The first-order chi connectivity index (χ1) is 7.45. The van der Waals surface area contributed by atoms with Gasteiger partial charge in [-0.1, -0.05) is 30.3 Å². The molecule has 0 aliphatic heterocycles. The van der Waals surface area contributed by atoms with Crippen molar-refractivity contribution >= 4 is 24.8 Å². The van der Waals surface area contributed by atoms with E-state index in [2.05, 4.69) is 27.4 Å². The van der Waals surface area contributed by atoms with Gasteiger partial charge in [0.05, 0.1) is 0 Å². The average molecular weight is 272 g/mol. The van der Waals surface area contributed by atoms with Gasteiger partial charge in [0, 0.05) is 31.0 Å². The zero-order chi connectivity index (χ0) is 10.3. The lowest BCUT2D eigenvalue weighted by Gasteiger charge is -2.03. The summed E-state index contributed by atoms with van der Waals surface area (Å²) in [6.07, 6.45) is 5.19. The number of nitrogens with zero attached hydrogens (tertiary/aromatic N) is 2. The Kier molecular flexibility index (Phi) is 8.32. The second kappa shape index (κ2) is 8.93. The van der Waals surface area contributed by atoms with Gasteiger partial charge in [0.25, 0.3) is 0 Å². The van der Waals surface area contributed by atoms with Crippen LogP contribution in [0.3, 0.4) is 0 Å². The van der Waals surface area contributed by atoms with E-state index in [1.165, 1.54) is 5.56 Å². The molecule has 2 rings (SSSR count). The van der Waals surface area contributed by atoms with Gasteiger partial charge in [0.2, 0.25) is 0 Å². The van der Waals surface area contributed by atoms with Gasteiger partial charge in [-0.2, -0.15) is 0 Å². The molecule has 0 bridgehead atoms. The number of hydrogen-bond donors (Lipinski definition) is 1. The van der Waals surface area contributed by atoms with Crippen LogP contribution < -0.4 is 5.32 Å². The molecule has 0 spiro atoms. The fourth-order valence-corrected chi connectivity index (χ4v) is 1.37. The van der Waals surface area contributed by atoms with E-state index < -0.39 is 0 Å². The van der Waals surface area contributed by atoms with Gasteiger partial charge in [-0.05, 0) is 5.56 Å². The smallest absolute Gasteiger partial charge is 0.115 e. The molecule has 92 valence electrons. The summed E-state index contributed by atoms with van der Waals surface area (Å²) in [4.78, 5) is 7.92. The lowest BCUT2D eigenvalue weighted by Crippen LogP contribution is -2.12. The topological polar surface area (TPSA) is 37.8 Å². The highest BCUT2D eigenvalue weighted by atomic mass is 35.5. The van der Waals surface area contributed by atoms with Crippen LogP contribution in [0.15, 0.2) is 49.1 Å². The summed E-state index contributed by atoms with van der Waals surface area (Å²) in [6, 6.07) is 10.3. The predicted molar refractivity (Wildman–Crippen MR) is 73.5 cm³/mol. The molecule has 0 fully saturated rings. The minimum absolute atomic E-state index is 0. The Morgan fingerprint density at radius 3 is 2.06 bits per heavy atom. The Labute approximate surface area is 114 Å². The van der Waals surface area contributed by atoms with Gasteiger partial charge in [0.15, 0.2) is 0 Å². The number of halogens is 2. The molecule has 1 heterocycles. The molecular weight excluding hydrogens is 257 g/mol. The molecule has 5 heteroatoms. The molecule has 1 aromatic carbocycles. The summed E-state index contributed by atoms with van der Waals surface area (Å²) in [5.41, 5.74) is 2.39. The Hall–Kier alpha value is -1.16. The van der Waals surface area contributed by atoms with E-state index in [0.717, 1.165) is 18.7 Å². The number of hydrogen-bond acceptors (Lipinski definition) is 3. The molecule has 0 aliphatic carbocycles. The summed E-state index contributed by atoms with van der Waals surface area (Å²) in [5, 5.41) is 3.34. The fourth-order valence-electron chi connectivity index (χ4n) is 1.37. The Bertz CT molecular complexity index is 356. The van der Waals surface area contributed by atoms with Crippen molar-refractivity contribution in [2.75, 3.05) is 0 Å². The summed E-state index contributed by atoms with van der Waals surface area (Å²) in [7, 11) is 0. The maximum Gasteiger partial charge on any atom is 0.115 e. The van der Waals surface area contributed by atoms with Crippen molar-refractivity contribution in [3.05, 3.63) is 60.2 Å². The van der Waals surface area contributed by atoms with E-state index in [1.807, 2.05) is 30.6 Å². The van der Waals surface area contributed by atoms with Crippen LogP contribution in [0.5, 0.6) is 0 Å². The second-order valence-electron chi connectivity index (χ2n) is 3.34. The van der Waals surface area contributed by atoms with Gasteiger partial charge >= 0.3 is 0 Å². The quantitative estimate of drug-likeness (QED) is 0.929. The molecule has 0 unspecified atom stereocenters. The molecule has 0 aliphatic rings. The Morgan fingerprint density at radius 1 is 0.824 bits per heavy atom. The zero-order valence-corrected chi connectivity index (χ0v) is 10.9. The summed E-state index contributed by atoms with van der Waals surface area (Å²) < 4.78 is 0. The maximum atomic E-state index is 3.96. The zero-order valence-electron chi connectivity index (χ0n) is 9.24. The minimum atomic E-state index is 0. The van der Waals surface area contributed by atoms with Crippen molar-refractivity contribution < 1.29 is 0 Å². The van der Waals surface area contributed by atoms with Gasteiger partial charge in [-0.25, -0.2) is 9.97 Å². The normalized spacial score (nSPS) is 8.94. The summed E-state index contributed by atoms with van der Waals surface area (Å²) in [5.74, 6) is 0. The SMILES string of the molecule is Cl.Cl.c1ccc(CNCc2cncnc2)cc1. The number of rotatable bonds is 4. The highest BCUT2D eigenvalue weighted by Crippen LogP contribution is 1.98. The van der Waals surface area contributed by atoms with E-state index in [-0.39, 0.29) is 24.8 Å². The molecule has 17 heavy (non-hydrogen) atoms. The third-order valence-electron chi connectivity index (χ3n) is 2.12. The fraction of sp³-hybridized carbons (Fsp3) is 0.167. The third-order valence-corrected chi connectivity index (χ3v) is 2.12. The third kappa shape index (κ3) is 5.63. The van der Waals surface area contributed by atoms with Crippen molar-refractivity contribution in [1.29, 1.82) is 0 Å². The number of benzene rings is 1. The van der Waals surface area contributed by atoms with Crippen LogP contribution >= 0.6 is 24.8 Å². The lowest BCUT2D eigenvalue weighted by molar-refractivity contribution is 0.689. The van der Waals surface area contributed by atoms with Crippen LogP contribution in [0.2, 0.25) is 0 Å². The lowest BCUT2D eigenvalue weighted by atomic mass is 10.2. The molecule has 3 nitrogen and oxygen atoms in total. The van der Waals surface area contributed by atoms with E-state index >= 15 is 0 Å². The molecule has 0 radical (unpaired) electrons. The van der Waals surface area contributed by atoms with E-state index in [9.17, 15) is 0 Å². The van der Waals surface area contributed by atoms with Crippen LogP contribution in [0, 0.1) is 0 Å². The second-order valence-corrected chi connectivity index (χ2v) is 3.34. The standard InChI is InChI=1S/C12H13N3.2ClH/c1-2-4-11(5-3-1)6-13-7-12-8-14-10-15-9-12;;/h1-5,8-10,13H,6-7H2;2*1H. The average Bonchev–Trinajstić information content (AvgIpc) is 2.32. The number of aromatic nitrogens is 2. The summed E-state index contributed by atoms with van der Waals surface area (Å²) in [6.45, 7) is 1.67. The Balaban J connectivity index is 0.00000128. The van der Waals surface area contributed by atoms with E-state index in [0.29, 0.717) is 0 Å². The molecule has 1 N–H and O–H groups in total. The van der Waals surface area contributed by atoms with Crippen LogP contribution in [0.4, 0.5) is 0 Å². The molecule has 0 amide bonds. The first-order valence-corrected chi connectivity index (χ1v) is 4.94.